The van der Waals surface area contributed by atoms with Crippen molar-refractivity contribution in [1.82, 2.24) is 14.4 Å². The summed E-state index contributed by atoms with van der Waals surface area (Å²) in [7, 11) is 1.91. The molecule has 0 aliphatic carbocycles. The Balaban J connectivity index is 1.67. The third-order valence-corrected chi connectivity index (χ3v) is 6.06. The van der Waals surface area contributed by atoms with E-state index in [-0.39, 0.29) is 17.2 Å². The number of carbonyl (C=O) groups excluding carboxylic acids is 2. The molecule has 2 aliphatic heterocycles. The fraction of sp³-hybridized carbons (Fsp3) is 0.429. The minimum atomic E-state index is -0.0540. The minimum Gasteiger partial charge on any atom is -0.347 e. The summed E-state index contributed by atoms with van der Waals surface area (Å²) in [5, 5.41) is 0. The Bertz CT molecular complexity index is 846. The molecule has 26 heavy (non-hydrogen) atoms. The molecule has 0 bridgehead atoms. The molecule has 0 radical (unpaired) electrons. The van der Waals surface area contributed by atoms with E-state index in [9.17, 15) is 9.59 Å². The summed E-state index contributed by atoms with van der Waals surface area (Å²) in [4.78, 5) is 28.8. The molecule has 1 fully saturated rings. The maximum Gasteiger partial charge on any atom is 0.270 e. The molecule has 2 amide bonds. The summed E-state index contributed by atoms with van der Waals surface area (Å²) in [5.41, 5.74) is 3.26. The normalized spacial score (nSPS) is 18.7. The molecule has 1 spiro atoms. The lowest BCUT2D eigenvalue weighted by Gasteiger charge is -2.48. The van der Waals surface area contributed by atoms with Crippen molar-refractivity contribution in [2.45, 2.75) is 31.7 Å². The Morgan fingerprint density at radius 3 is 2.38 bits per heavy atom. The maximum absolute atomic E-state index is 13.1. The molecule has 0 N–H and O–H groups in total. The zero-order valence-corrected chi connectivity index (χ0v) is 15.4. The Morgan fingerprint density at radius 2 is 1.73 bits per heavy atom. The van der Waals surface area contributed by atoms with Crippen molar-refractivity contribution in [2.75, 3.05) is 19.6 Å². The van der Waals surface area contributed by atoms with Crippen LogP contribution in [-0.2, 0) is 23.8 Å². The Hall–Kier alpha value is -2.56. The third kappa shape index (κ3) is 2.71. The van der Waals surface area contributed by atoms with Crippen molar-refractivity contribution in [2.24, 2.45) is 7.05 Å². The number of benzene rings is 1. The van der Waals surface area contributed by atoms with Crippen molar-refractivity contribution < 1.29 is 9.59 Å². The quantitative estimate of drug-likeness (QED) is 0.793. The molecule has 1 aromatic heterocycles. The van der Waals surface area contributed by atoms with E-state index in [0.29, 0.717) is 6.54 Å². The lowest BCUT2D eigenvalue weighted by Crippen LogP contribution is -2.54. The number of hydrogen-bond acceptors (Lipinski definition) is 2. The van der Waals surface area contributed by atoms with Crippen molar-refractivity contribution in [3.05, 3.63) is 59.4 Å². The monoisotopic (exact) mass is 351 g/mol. The molecule has 4 rings (SSSR count). The number of nitrogens with zero attached hydrogens (tertiary/aromatic N) is 3. The molecule has 0 saturated carbocycles. The van der Waals surface area contributed by atoms with E-state index >= 15 is 0 Å². The van der Waals surface area contributed by atoms with Gasteiger partial charge in [-0.25, -0.2) is 0 Å². The van der Waals surface area contributed by atoms with Gasteiger partial charge in [-0.3, -0.25) is 9.59 Å². The van der Waals surface area contributed by atoms with Crippen LogP contribution in [0, 0.1) is 0 Å². The molecule has 5 nitrogen and oxygen atoms in total. The van der Waals surface area contributed by atoms with Crippen LogP contribution in [0.25, 0.3) is 0 Å². The lowest BCUT2D eigenvalue weighted by molar-refractivity contribution is -0.130. The summed E-state index contributed by atoms with van der Waals surface area (Å²) in [6.45, 7) is 4.53. The van der Waals surface area contributed by atoms with Crippen molar-refractivity contribution >= 4 is 11.8 Å². The largest absolute Gasteiger partial charge is 0.347 e. The summed E-state index contributed by atoms with van der Waals surface area (Å²) in [5.74, 6) is 0.223. The first kappa shape index (κ1) is 16.9. The van der Waals surface area contributed by atoms with E-state index in [2.05, 4.69) is 18.2 Å². The van der Waals surface area contributed by atoms with Crippen LogP contribution in [0.15, 0.2) is 42.6 Å². The average Bonchev–Trinajstić information content (AvgIpc) is 3.07. The topological polar surface area (TPSA) is 45.6 Å². The number of carbonyl (C=O) groups is 2. The van der Waals surface area contributed by atoms with Gasteiger partial charge in [-0.2, -0.15) is 0 Å². The Morgan fingerprint density at radius 1 is 1.00 bits per heavy atom. The standard InChI is InChI=1S/C21H25N3O2/c1-16(25)23-12-9-21(10-13-23)15-24(14-17-6-3-4-7-18(17)21)20(26)19-8-5-11-22(19)2/h3-8,11H,9-10,12-15H2,1-2H3. The van der Waals surface area contributed by atoms with Crippen LogP contribution < -0.4 is 0 Å². The maximum atomic E-state index is 13.1. The van der Waals surface area contributed by atoms with Gasteiger partial charge in [0, 0.05) is 51.8 Å². The van der Waals surface area contributed by atoms with Crippen LogP contribution in [0.5, 0.6) is 0 Å². The predicted octanol–water partition coefficient (Wildman–Crippen LogP) is 2.56. The van der Waals surface area contributed by atoms with E-state index in [1.165, 1.54) is 11.1 Å². The number of piperidine rings is 1. The van der Waals surface area contributed by atoms with Gasteiger partial charge in [0.05, 0.1) is 0 Å². The van der Waals surface area contributed by atoms with E-state index in [1.54, 1.807) is 6.92 Å². The van der Waals surface area contributed by atoms with E-state index < -0.39 is 0 Å². The van der Waals surface area contributed by atoms with Gasteiger partial charge in [-0.15, -0.1) is 0 Å². The Labute approximate surface area is 154 Å². The molecule has 2 aliphatic rings. The number of fused-ring (bicyclic) bond motifs is 2. The second-order valence-corrected chi connectivity index (χ2v) is 7.61. The number of amides is 2. The highest BCUT2D eigenvalue weighted by atomic mass is 16.2. The summed E-state index contributed by atoms with van der Waals surface area (Å²) in [6.07, 6.45) is 3.72. The van der Waals surface area contributed by atoms with Gasteiger partial charge in [0.25, 0.3) is 5.91 Å². The van der Waals surface area contributed by atoms with Gasteiger partial charge in [-0.1, -0.05) is 24.3 Å². The average molecular weight is 351 g/mol. The number of aromatic nitrogens is 1. The van der Waals surface area contributed by atoms with Crippen LogP contribution in [0.4, 0.5) is 0 Å². The van der Waals surface area contributed by atoms with Crippen LogP contribution >= 0.6 is 0 Å². The molecule has 136 valence electrons. The molecule has 0 atom stereocenters. The van der Waals surface area contributed by atoms with Gasteiger partial charge in [0.15, 0.2) is 0 Å². The second kappa shape index (κ2) is 6.31. The highest BCUT2D eigenvalue weighted by molar-refractivity contribution is 5.93. The van der Waals surface area contributed by atoms with Crippen LogP contribution in [-0.4, -0.2) is 45.8 Å². The van der Waals surface area contributed by atoms with E-state index in [0.717, 1.165) is 38.2 Å². The Kier molecular flexibility index (Phi) is 4.10. The van der Waals surface area contributed by atoms with Gasteiger partial charge in [-0.05, 0) is 36.1 Å². The van der Waals surface area contributed by atoms with Crippen molar-refractivity contribution in [1.29, 1.82) is 0 Å². The predicted molar refractivity (Wildman–Crippen MR) is 99.8 cm³/mol. The first-order valence-electron chi connectivity index (χ1n) is 9.25. The highest BCUT2D eigenvalue weighted by Crippen LogP contribution is 2.42. The zero-order chi connectivity index (χ0) is 18.3. The minimum absolute atomic E-state index is 0.0540. The SMILES string of the molecule is CC(=O)N1CCC2(CC1)CN(C(=O)c1cccn1C)Cc1ccccc12. The fourth-order valence-electron chi connectivity index (χ4n) is 4.55. The van der Waals surface area contributed by atoms with Crippen molar-refractivity contribution in [3.8, 4) is 0 Å². The summed E-state index contributed by atoms with van der Waals surface area (Å²) >= 11 is 0. The highest BCUT2D eigenvalue weighted by Gasteiger charge is 2.43. The third-order valence-electron chi connectivity index (χ3n) is 6.06. The molecule has 1 aromatic carbocycles. The molecular weight excluding hydrogens is 326 g/mol. The zero-order valence-electron chi connectivity index (χ0n) is 15.4. The van der Waals surface area contributed by atoms with Gasteiger partial charge in [0.2, 0.25) is 5.91 Å². The molecule has 3 heterocycles. The van der Waals surface area contributed by atoms with Crippen LogP contribution in [0.2, 0.25) is 0 Å². The fourth-order valence-corrected chi connectivity index (χ4v) is 4.55. The van der Waals surface area contributed by atoms with Gasteiger partial charge in [0.1, 0.15) is 5.69 Å². The van der Waals surface area contributed by atoms with Crippen molar-refractivity contribution in [3.63, 3.8) is 0 Å². The number of aryl methyl sites for hydroxylation is 1. The number of rotatable bonds is 1. The second-order valence-electron chi connectivity index (χ2n) is 7.61. The number of hydrogen-bond donors (Lipinski definition) is 0. The smallest absolute Gasteiger partial charge is 0.270 e. The van der Waals surface area contributed by atoms with Crippen LogP contribution in [0.3, 0.4) is 0 Å². The first-order chi connectivity index (χ1) is 12.5. The first-order valence-corrected chi connectivity index (χ1v) is 9.25. The molecule has 5 heteroatoms. The lowest BCUT2D eigenvalue weighted by atomic mass is 9.68. The van der Waals surface area contributed by atoms with Crippen LogP contribution in [0.1, 0.15) is 41.4 Å². The van der Waals surface area contributed by atoms with Gasteiger partial charge >= 0.3 is 0 Å². The molecular formula is C21H25N3O2. The van der Waals surface area contributed by atoms with E-state index in [4.69, 9.17) is 0 Å². The summed E-state index contributed by atoms with van der Waals surface area (Å²) < 4.78 is 1.88. The summed E-state index contributed by atoms with van der Waals surface area (Å²) in [6, 6.07) is 12.3. The van der Waals surface area contributed by atoms with E-state index in [1.807, 2.05) is 45.8 Å². The molecule has 0 unspecified atom stereocenters. The molecule has 1 saturated heterocycles. The molecule has 2 aromatic rings. The number of likely N-dealkylation sites (tertiary alicyclic amines) is 1. The van der Waals surface area contributed by atoms with Gasteiger partial charge < -0.3 is 14.4 Å².